The Kier molecular flexibility index (Phi) is 6.28. The Morgan fingerprint density at radius 3 is 2.87 bits per heavy atom. The number of nitrogens with one attached hydrogen (secondary N) is 1. The predicted molar refractivity (Wildman–Crippen MR) is 60.5 cm³/mol. The summed E-state index contributed by atoms with van der Waals surface area (Å²) in [5.74, 6) is 0.449. The molecule has 0 aliphatic carbocycles. The Morgan fingerprint density at radius 2 is 2.13 bits per heavy atom. The maximum absolute atomic E-state index is 12.7. The van der Waals surface area contributed by atoms with Crippen LogP contribution in [0.4, 0.5) is 4.39 Å². The number of rotatable bonds is 7. The highest BCUT2D eigenvalue weighted by Gasteiger charge is 1.95. The molecule has 1 aromatic heterocycles. The molecule has 0 aliphatic rings. The number of halogens is 2. The van der Waals surface area contributed by atoms with Gasteiger partial charge in [-0.2, -0.15) is 0 Å². The van der Waals surface area contributed by atoms with E-state index in [1.54, 1.807) is 6.20 Å². The van der Waals surface area contributed by atoms with Crippen molar-refractivity contribution in [2.24, 2.45) is 0 Å². The van der Waals surface area contributed by atoms with E-state index in [1.807, 2.05) is 0 Å². The first-order chi connectivity index (χ1) is 7.33. The minimum atomic E-state index is -0.281. The summed E-state index contributed by atoms with van der Waals surface area (Å²) in [7, 11) is 0. The van der Waals surface area contributed by atoms with Gasteiger partial charge in [-0.3, -0.25) is 4.98 Å². The fraction of sp³-hybridized carbons (Fsp3) is 0.545. The minimum Gasteiger partial charge on any atom is -0.313 e. The molecule has 0 bridgehead atoms. The van der Waals surface area contributed by atoms with E-state index in [0.717, 1.165) is 37.3 Å². The second-order valence-electron chi connectivity index (χ2n) is 3.44. The van der Waals surface area contributed by atoms with Gasteiger partial charge in [0.05, 0.1) is 6.20 Å². The molecule has 15 heavy (non-hydrogen) atoms. The third kappa shape index (κ3) is 5.70. The summed E-state index contributed by atoms with van der Waals surface area (Å²) in [6.07, 6.45) is 6.19. The van der Waals surface area contributed by atoms with E-state index < -0.39 is 0 Å². The predicted octanol–water partition coefficient (Wildman–Crippen LogP) is 2.72. The Morgan fingerprint density at radius 1 is 1.27 bits per heavy atom. The van der Waals surface area contributed by atoms with E-state index in [0.29, 0.717) is 6.54 Å². The maximum Gasteiger partial charge on any atom is 0.141 e. The molecule has 0 spiro atoms. The molecule has 1 rings (SSSR count). The van der Waals surface area contributed by atoms with Crippen LogP contribution >= 0.6 is 11.6 Å². The lowest BCUT2D eigenvalue weighted by Crippen LogP contribution is -2.14. The zero-order valence-electron chi connectivity index (χ0n) is 8.68. The average molecular weight is 231 g/mol. The van der Waals surface area contributed by atoms with Crippen LogP contribution in [-0.4, -0.2) is 17.4 Å². The number of nitrogens with zero attached hydrogens (tertiary/aromatic N) is 1. The molecule has 0 aliphatic heterocycles. The topological polar surface area (TPSA) is 24.9 Å². The van der Waals surface area contributed by atoms with Gasteiger partial charge in [-0.05, 0) is 31.0 Å². The molecule has 0 saturated heterocycles. The van der Waals surface area contributed by atoms with Crippen molar-refractivity contribution in [3.63, 3.8) is 0 Å². The smallest absolute Gasteiger partial charge is 0.141 e. The van der Waals surface area contributed by atoms with E-state index >= 15 is 0 Å². The van der Waals surface area contributed by atoms with E-state index in [9.17, 15) is 4.39 Å². The highest BCUT2D eigenvalue weighted by molar-refractivity contribution is 6.17. The summed E-state index contributed by atoms with van der Waals surface area (Å²) in [5, 5.41) is 3.24. The number of hydrogen-bond donors (Lipinski definition) is 1. The molecule has 0 fully saturated rings. The van der Waals surface area contributed by atoms with Crippen LogP contribution < -0.4 is 5.32 Å². The van der Waals surface area contributed by atoms with Crippen molar-refractivity contribution in [3.05, 3.63) is 29.8 Å². The van der Waals surface area contributed by atoms with Crippen LogP contribution in [-0.2, 0) is 6.54 Å². The van der Waals surface area contributed by atoms with Crippen molar-refractivity contribution >= 4 is 11.6 Å². The number of unbranched alkanes of at least 4 members (excludes halogenated alkanes) is 2. The summed E-state index contributed by atoms with van der Waals surface area (Å²) in [5.41, 5.74) is 0.882. The Balaban J connectivity index is 2.10. The number of alkyl halides is 1. The van der Waals surface area contributed by atoms with Gasteiger partial charge in [0.15, 0.2) is 0 Å². The van der Waals surface area contributed by atoms with Crippen molar-refractivity contribution < 1.29 is 4.39 Å². The van der Waals surface area contributed by atoms with Crippen LogP contribution in [0.5, 0.6) is 0 Å². The lowest BCUT2D eigenvalue weighted by molar-refractivity contribution is 0.600. The van der Waals surface area contributed by atoms with Gasteiger partial charge >= 0.3 is 0 Å². The van der Waals surface area contributed by atoms with Crippen LogP contribution in [0.25, 0.3) is 0 Å². The van der Waals surface area contributed by atoms with Crippen molar-refractivity contribution in [2.75, 3.05) is 12.4 Å². The molecule has 1 heterocycles. The summed E-state index contributed by atoms with van der Waals surface area (Å²) >= 11 is 5.56. The molecular weight excluding hydrogens is 215 g/mol. The normalized spacial score (nSPS) is 10.5. The molecule has 84 valence electrons. The minimum absolute atomic E-state index is 0.281. The molecular formula is C11H16ClFN2. The zero-order valence-corrected chi connectivity index (χ0v) is 9.43. The molecule has 0 atom stereocenters. The quantitative estimate of drug-likeness (QED) is 0.576. The van der Waals surface area contributed by atoms with Gasteiger partial charge in [-0.15, -0.1) is 11.6 Å². The van der Waals surface area contributed by atoms with E-state index in [4.69, 9.17) is 11.6 Å². The molecule has 2 nitrogen and oxygen atoms in total. The zero-order chi connectivity index (χ0) is 10.9. The largest absolute Gasteiger partial charge is 0.313 e. The van der Waals surface area contributed by atoms with Crippen LogP contribution in [0.15, 0.2) is 18.5 Å². The maximum atomic E-state index is 12.7. The van der Waals surface area contributed by atoms with Crippen LogP contribution in [0.3, 0.4) is 0 Å². The molecule has 0 unspecified atom stereocenters. The standard InChI is InChI=1S/C11H16ClFN2/c12-4-2-1-3-5-14-7-10-6-11(13)9-15-8-10/h6,8-9,14H,1-5,7H2. The van der Waals surface area contributed by atoms with Crippen molar-refractivity contribution in [1.29, 1.82) is 0 Å². The number of hydrogen-bond acceptors (Lipinski definition) is 2. The van der Waals surface area contributed by atoms with Crippen molar-refractivity contribution in [2.45, 2.75) is 25.8 Å². The van der Waals surface area contributed by atoms with Gasteiger partial charge in [-0.1, -0.05) is 6.42 Å². The van der Waals surface area contributed by atoms with Gasteiger partial charge in [0, 0.05) is 18.6 Å². The van der Waals surface area contributed by atoms with E-state index in [1.165, 1.54) is 12.3 Å². The third-order valence-electron chi connectivity index (χ3n) is 2.08. The van der Waals surface area contributed by atoms with Crippen LogP contribution in [0.2, 0.25) is 0 Å². The molecule has 0 saturated carbocycles. The first-order valence-electron chi connectivity index (χ1n) is 5.19. The highest BCUT2D eigenvalue weighted by Crippen LogP contribution is 2.00. The van der Waals surface area contributed by atoms with Crippen LogP contribution in [0.1, 0.15) is 24.8 Å². The first kappa shape index (κ1) is 12.4. The summed E-state index contributed by atoms with van der Waals surface area (Å²) < 4.78 is 12.7. The third-order valence-corrected chi connectivity index (χ3v) is 2.35. The van der Waals surface area contributed by atoms with Gasteiger partial charge in [0.1, 0.15) is 5.82 Å². The van der Waals surface area contributed by atoms with E-state index in [2.05, 4.69) is 10.3 Å². The fourth-order valence-corrected chi connectivity index (χ4v) is 1.50. The summed E-state index contributed by atoms with van der Waals surface area (Å²) in [4.78, 5) is 3.78. The second kappa shape index (κ2) is 7.60. The SMILES string of the molecule is Fc1cncc(CNCCCCCCl)c1. The molecule has 0 aromatic carbocycles. The van der Waals surface area contributed by atoms with Gasteiger partial charge in [0.25, 0.3) is 0 Å². The Hall–Kier alpha value is -0.670. The summed E-state index contributed by atoms with van der Waals surface area (Å²) in [6, 6.07) is 1.50. The highest BCUT2D eigenvalue weighted by atomic mass is 35.5. The molecule has 1 N–H and O–H groups in total. The number of pyridine rings is 1. The van der Waals surface area contributed by atoms with E-state index in [-0.39, 0.29) is 5.82 Å². The molecule has 0 radical (unpaired) electrons. The van der Waals surface area contributed by atoms with Crippen LogP contribution in [0, 0.1) is 5.82 Å². The Bertz CT molecular complexity index is 281. The monoisotopic (exact) mass is 230 g/mol. The van der Waals surface area contributed by atoms with Gasteiger partial charge < -0.3 is 5.32 Å². The molecule has 4 heteroatoms. The van der Waals surface area contributed by atoms with Crippen molar-refractivity contribution in [3.8, 4) is 0 Å². The van der Waals surface area contributed by atoms with Gasteiger partial charge in [-0.25, -0.2) is 4.39 Å². The Labute approximate surface area is 94.9 Å². The first-order valence-corrected chi connectivity index (χ1v) is 5.72. The van der Waals surface area contributed by atoms with Crippen molar-refractivity contribution in [1.82, 2.24) is 10.3 Å². The lowest BCUT2D eigenvalue weighted by Gasteiger charge is -2.03. The second-order valence-corrected chi connectivity index (χ2v) is 3.82. The summed E-state index contributed by atoms with van der Waals surface area (Å²) in [6.45, 7) is 1.61. The molecule has 1 aromatic rings. The lowest BCUT2D eigenvalue weighted by atomic mass is 10.2. The van der Waals surface area contributed by atoms with Gasteiger partial charge in [0.2, 0.25) is 0 Å². The fourth-order valence-electron chi connectivity index (χ4n) is 1.31. The molecule has 0 amide bonds. The number of aromatic nitrogens is 1. The average Bonchev–Trinajstić information content (AvgIpc) is 2.23.